The number of hydrogen-bond acceptors (Lipinski definition) is 9. The lowest BCUT2D eigenvalue weighted by Gasteiger charge is -2.01. The molecule has 0 saturated carbocycles. The summed E-state index contributed by atoms with van der Waals surface area (Å²) >= 11 is 3.83. The van der Waals surface area contributed by atoms with Crippen molar-refractivity contribution in [2.75, 3.05) is 11.5 Å². The van der Waals surface area contributed by atoms with E-state index in [4.69, 9.17) is 27.6 Å². The molecule has 0 aliphatic rings. The molecule has 8 N–H and O–H groups in total. The Morgan fingerprint density at radius 1 is 1.32 bits per heavy atom. The van der Waals surface area contributed by atoms with E-state index in [0.29, 0.717) is 12.2 Å². The van der Waals surface area contributed by atoms with Crippen molar-refractivity contribution in [1.29, 1.82) is 1.34 Å². The lowest BCUT2D eigenvalue weighted by Crippen LogP contribution is -2.36. The molecule has 25 heavy (non-hydrogen) atoms. The molecule has 11 nitrogen and oxygen atoms in total. The number of rotatable bonds is 9. The molecule has 0 aromatic heterocycles. The summed E-state index contributed by atoms with van der Waals surface area (Å²) in [6, 6.07) is -2.55. The van der Waals surface area contributed by atoms with Crippen LogP contribution in [0.5, 0.6) is 0 Å². The van der Waals surface area contributed by atoms with Gasteiger partial charge in [0, 0.05) is 5.75 Å². The molecule has 0 aliphatic heterocycles. The zero-order valence-electron chi connectivity index (χ0n) is 13.9. The molecule has 0 amide bonds. The summed E-state index contributed by atoms with van der Waals surface area (Å²) in [6.07, 6.45) is 1.22. The van der Waals surface area contributed by atoms with Crippen molar-refractivity contribution < 1.29 is 37.6 Å². The smallest absolute Gasteiger partial charge is 0.321 e. The maximum atomic E-state index is 9.96. The van der Waals surface area contributed by atoms with E-state index in [1.165, 1.54) is 0 Å². The van der Waals surface area contributed by atoms with E-state index in [9.17, 15) is 22.8 Å². The van der Waals surface area contributed by atoms with Crippen molar-refractivity contribution in [2.45, 2.75) is 38.9 Å². The largest absolute Gasteiger partial charge is 0.480 e. The fraction of sp³-hybridized carbons (Fsp3) is 0.727. The van der Waals surface area contributed by atoms with Gasteiger partial charge >= 0.3 is 11.9 Å². The zero-order valence-corrected chi connectivity index (χ0v) is 14.6. The lowest BCUT2D eigenvalue weighted by atomic mass is 10.2. The SMILES string of the molecule is C.CCC(N)C(=O)O.NC(CS(=O)(=O)O)C(=O)O.[3H][B]N[C@H](C=O)CS. The fourth-order valence-corrected chi connectivity index (χ4v) is 1.40. The number of nitrogens with two attached hydrogens (primary N) is 2. The van der Waals surface area contributed by atoms with Gasteiger partial charge in [0.05, 0.1) is 6.04 Å². The van der Waals surface area contributed by atoms with E-state index in [1.54, 1.807) is 6.92 Å². The highest BCUT2D eigenvalue weighted by molar-refractivity contribution is 7.85. The number of carboxylic acids is 2. The van der Waals surface area contributed by atoms with Crippen molar-refractivity contribution >= 4 is 48.9 Å². The topological polar surface area (TPSA) is 210 Å². The molecule has 0 saturated heterocycles. The first-order valence-corrected chi connectivity index (χ1v) is 8.54. The van der Waals surface area contributed by atoms with E-state index < -0.39 is 39.9 Å². The van der Waals surface area contributed by atoms with E-state index in [1.807, 2.05) is 0 Å². The first-order valence-electron chi connectivity index (χ1n) is 6.88. The average Bonchev–Trinajstić information content (AvgIpc) is 2.51. The first kappa shape index (κ1) is 28.6. The summed E-state index contributed by atoms with van der Waals surface area (Å²) in [4.78, 5) is 29.6. The van der Waals surface area contributed by atoms with Crippen molar-refractivity contribution in [3.8, 4) is 0 Å². The quantitative estimate of drug-likeness (QED) is 0.0930. The number of nitrogens with one attached hydrogen (secondary N) is 1. The second kappa shape index (κ2) is 17.6. The second-order valence-electron chi connectivity index (χ2n) is 4.14. The third-order valence-corrected chi connectivity index (χ3v) is 3.21. The van der Waals surface area contributed by atoms with Gasteiger partial charge in [-0.15, -0.1) is 0 Å². The average molecular weight is 406 g/mol. The van der Waals surface area contributed by atoms with Crippen LogP contribution in [0.25, 0.3) is 0 Å². The highest BCUT2D eigenvalue weighted by atomic mass is 32.2. The highest BCUT2D eigenvalue weighted by Gasteiger charge is 2.18. The summed E-state index contributed by atoms with van der Waals surface area (Å²) in [7, 11) is -3.29. The van der Waals surface area contributed by atoms with Crippen LogP contribution in [0.2, 0.25) is 0 Å². The third kappa shape index (κ3) is 25.2. The van der Waals surface area contributed by atoms with Gasteiger partial charge < -0.3 is 31.7 Å². The minimum atomic E-state index is -4.27. The minimum absolute atomic E-state index is 0. The van der Waals surface area contributed by atoms with Gasteiger partial charge in [0.25, 0.3) is 10.1 Å². The van der Waals surface area contributed by atoms with Gasteiger partial charge in [-0.2, -0.15) is 21.0 Å². The molecule has 0 aliphatic carbocycles. The lowest BCUT2D eigenvalue weighted by molar-refractivity contribution is -0.139. The van der Waals surface area contributed by atoms with Gasteiger partial charge in [0.2, 0.25) is 0 Å². The van der Waals surface area contributed by atoms with Gasteiger partial charge in [-0.1, -0.05) is 14.4 Å². The molecule has 0 fully saturated rings. The molecular formula is C11H27BN3O8S2. The molecule has 0 aromatic carbocycles. The minimum Gasteiger partial charge on any atom is -0.480 e. The molecule has 0 spiro atoms. The number of aldehydes is 1. The maximum absolute atomic E-state index is 9.96. The highest BCUT2D eigenvalue weighted by Crippen LogP contribution is 1.86. The second-order valence-corrected chi connectivity index (χ2v) is 6.00. The maximum Gasteiger partial charge on any atom is 0.321 e. The van der Waals surface area contributed by atoms with Crippen LogP contribution in [0.15, 0.2) is 0 Å². The van der Waals surface area contributed by atoms with Gasteiger partial charge in [-0.05, 0) is 7.76 Å². The number of carbonyl (C=O) groups is 3. The number of aliphatic carboxylic acids is 2. The van der Waals surface area contributed by atoms with Gasteiger partial charge in [0.15, 0.2) is 7.94 Å². The van der Waals surface area contributed by atoms with Gasteiger partial charge in [0.1, 0.15) is 24.1 Å². The molecule has 0 heterocycles. The molecule has 0 bridgehead atoms. The summed E-state index contributed by atoms with van der Waals surface area (Å²) in [5.41, 5.74) is 9.78. The molecule has 0 rings (SSSR count). The molecule has 3 atom stereocenters. The van der Waals surface area contributed by atoms with Gasteiger partial charge in [-0.25, -0.2) is 0 Å². The van der Waals surface area contributed by atoms with Crippen LogP contribution in [0.4, 0.5) is 0 Å². The number of carbonyl (C=O) groups excluding carboxylic acids is 1. The van der Waals surface area contributed by atoms with E-state index in [-0.39, 0.29) is 13.5 Å². The Labute approximate surface area is 155 Å². The van der Waals surface area contributed by atoms with Crippen molar-refractivity contribution in [3.05, 3.63) is 0 Å². The predicted octanol–water partition coefficient (Wildman–Crippen LogP) is -2.38. The van der Waals surface area contributed by atoms with Crippen LogP contribution in [-0.2, 0) is 24.5 Å². The summed E-state index contributed by atoms with van der Waals surface area (Å²) < 4.78 is 34.5. The van der Waals surface area contributed by atoms with Crippen LogP contribution in [0, 0.1) is 0 Å². The first-order chi connectivity index (χ1) is 11.4. The Bertz CT molecular complexity index is 498. The van der Waals surface area contributed by atoms with Crippen LogP contribution >= 0.6 is 12.6 Å². The molecular weight excluding hydrogens is 377 g/mol. The normalized spacial score (nSPS) is 13.7. The number of hydrogen-bond donors (Lipinski definition) is 7. The van der Waals surface area contributed by atoms with Crippen LogP contribution in [-0.4, -0.2) is 80.3 Å². The zero-order chi connectivity index (χ0) is 20.6. The molecule has 0 aromatic rings. The van der Waals surface area contributed by atoms with Crippen LogP contribution in [0.1, 0.15) is 20.8 Å². The fourth-order valence-electron chi connectivity index (χ4n) is 0.608. The van der Waals surface area contributed by atoms with Crippen molar-refractivity contribution in [1.82, 2.24) is 5.23 Å². The van der Waals surface area contributed by atoms with Gasteiger partial charge in [-0.3, -0.25) is 14.1 Å². The molecule has 2 unspecified atom stereocenters. The molecule has 14 heteroatoms. The Kier molecular flexibility index (Phi) is 20.2. The molecule has 1 radical (unpaired) electrons. The number of thiol groups is 1. The van der Waals surface area contributed by atoms with E-state index in [2.05, 4.69) is 17.9 Å². The van der Waals surface area contributed by atoms with E-state index in [0.717, 1.165) is 14.2 Å². The number of carboxylic acid groups (broad SMARTS) is 2. The third-order valence-electron chi connectivity index (χ3n) is 2.04. The van der Waals surface area contributed by atoms with Crippen LogP contribution in [0.3, 0.4) is 0 Å². The molecule has 149 valence electrons. The summed E-state index contributed by atoms with van der Waals surface area (Å²) in [5.74, 6) is -2.92. The van der Waals surface area contributed by atoms with Crippen LogP contribution < -0.4 is 16.7 Å². The Morgan fingerprint density at radius 3 is 1.84 bits per heavy atom. The monoisotopic (exact) mass is 406 g/mol. The Hall–Kier alpha value is -1.19. The summed E-state index contributed by atoms with van der Waals surface area (Å²) in [6.45, 7) is 1.73. The standard InChI is InChI=1S/C4H9NO2.C3H7BNOS.C3H7NO5S.CH4/c1-2-3(5)4(6)7;4-5-3(1-6)2-7;4-2(3(5)6)1-10(7,8)9;/h3H,2,5H2,1H3,(H,6,7);1,3-5,7H,2H2;2H,1,4H2,(H,5,6)(H,7,8,9);1H4/t;3-;;/m.1../s1/i;4T;;. The Morgan fingerprint density at radius 2 is 1.76 bits per heavy atom. The van der Waals surface area contributed by atoms with Crippen molar-refractivity contribution in [2.24, 2.45) is 11.5 Å². The Balaban J connectivity index is -0.000000139. The van der Waals surface area contributed by atoms with Crippen molar-refractivity contribution in [3.63, 3.8) is 0 Å². The predicted molar refractivity (Wildman–Crippen MR) is 98.6 cm³/mol. The van der Waals surface area contributed by atoms with E-state index >= 15 is 0 Å². The summed E-state index contributed by atoms with van der Waals surface area (Å²) in [5, 5.41) is 18.6.